The number of aromatic nitrogens is 8. The third-order valence-electron chi connectivity index (χ3n) is 11.9. The Morgan fingerprint density at radius 1 is 0.649 bits per heavy atom. The molecule has 74 heavy (non-hydrogen) atoms. The fourth-order valence-corrected chi connectivity index (χ4v) is 13.7. The van der Waals surface area contributed by atoms with Gasteiger partial charge < -0.3 is 67.0 Å². The lowest BCUT2D eigenvalue weighted by atomic mass is 10.2. The van der Waals surface area contributed by atoms with Crippen LogP contribution in [0.4, 0.5) is 23.3 Å². The van der Waals surface area contributed by atoms with Gasteiger partial charge in [0.1, 0.15) is 98.5 Å². The molecule has 4 aliphatic heterocycles. The quantitative estimate of drug-likeness (QED) is 0.0449. The van der Waals surface area contributed by atoms with Gasteiger partial charge in [-0.25, -0.2) is 19.2 Å². The highest BCUT2D eigenvalue weighted by atomic mass is 32.5. The first-order chi connectivity index (χ1) is 35.0. The van der Waals surface area contributed by atoms with Crippen LogP contribution < -0.4 is 45.7 Å². The van der Waals surface area contributed by atoms with Gasteiger partial charge in [-0.15, -0.1) is 18.1 Å². The molecule has 0 radical (unpaired) electrons. The Bertz CT molecular complexity index is 3090. The first-order valence-corrected chi connectivity index (χ1v) is 31.2. The summed E-state index contributed by atoms with van der Waals surface area (Å²) in [5.74, 6) is -2.20. The molecule has 4 unspecified atom stereocenters. The number of ether oxygens (including phenoxy) is 4. The normalized spacial score (nSPS) is 30.1. The van der Waals surface area contributed by atoms with Crippen molar-refractivity contribution in [3.05, 3.63) is 91.0 Å². The van der Waals surface area contributed by atoms with Gasteiger partial charge in [0.2, 0.25) is 41.9 Å². The molecule has 0 amide bonds. The van der Waals surface area contributed by atoms with Gasteiger partial charge in [0.25, 0.3) is 5.34 Å². The van der Waals surface area contributed by atoms with Gasteiger partial charge >= 0.3 is 44.0 Å². The molecular formula is C36H47N12O18P4S4+3. The molecule has 13 N–H and O–H groups in total. The summed E-state index contributed by atoms with van der Waals surface area (Å²) in [6, 6.07) is 5.46. The van der Waals surface area contributed by atoms with E-state index in [1.165, 1.54) is 49.1 Å². The second-order valence-corrected chi connectivity index (χ2v) is 26.3. The lowest BCUT2D eigenvalue weighted by molar-refractivity contribution is -0.0604. The minimum Gasteiger partial charge on any atom is -0.390 e. The highest BCUT2D eigenvalue weighted by Gasteiger charge is 2.62. The average Bonchev–Trinajstić information content (AvgIpc) is 4.10. The molecule has 30 nitrogen and oxygen atoms in total. The van der Waals surface area contributed by atoms with Gasteiger partial charge in [-0.3, -0.25) is 18.3 Å². The molecule has 4 saturated heterocycles. The third kappa shape index (κ3) is 13.0. The molecule has 0 spiro atoms. The summed E-state index contributed by atoms with van der Waals surface area (Å²) < 4.78 is 58.7. The van der Waals surface area contributed by atoms with E-state index in [1.807, 2.05) is 0 Å². The Hall–Kier alpha value is -3.63. The van der Waals surface area contributed by atoms with E-state index >= 15 is 0 Å². The fraction of sp³-hybridized carbons (Fsp3) is 0.556. The molecule has 4 aromatic heterocycles. The van der Waals surface area contributed by atoms with Crippen LogP contribution in [0.15, 0.2) is 68.2 Å². The molecule has 0 bridgehead atoms. The highest BCUT2D eigenvalue weighted by molar-refractivity contribution is 8.09. The van der Waals surface area contributed by atoms with Crippen molar-refractivity contribution < 1.29 is 66.7 Å². The maximum absolute atomic E-state index is 12.9. The van der Waals surface area contributed by atoms with Crippen LogP contribution in [0, 0.1) is 0 Å². The molecule has 38 heteroatoms. The van der Waals surface area contributed by atoms with Crippen LogP contribution in [0.2, 0.25) is 0 Å². The maximum atomic E-state index is 12.9. The minimum absolute atomic E-state index is 0.00241. The molecule has 0 saturated carbocycles. The summed E-state index contributed by atoms with van der Waals surface area (Å²) >= 11 is 21.7. The van der Waals surface area contributed by atoms with Gasteiger partial charge in [-0.2, -0.15) is 24.5 Å². The van der Waals surface area contributed by atoms with Crippen molar-refractivity contribution in [2.24, 2.45) is 0 Å². The monoisotopic (exact) mass is 1190 g/mol. The van der Waals surface area contributed by atoms with Crippen LogP contribution in [0.5, 0.6) is 0 Å². The number of aliphatic hydroxyl groups is 3. The van der Waals surface area contributed by atoms with E-state index in [9.17, 15) is 44.3 Å². The SMILES string of the molecule is Nc1ccn([C@H]2C[C@H](O[P+](=S)OC[C@H]3O[C@@H](n4ccc(N)nc4=O)C[C@@H]3O[P+](=S)OC[C@H]3O[C@@H](n4ccc(N)nc4=O)C[C@@]3(O)[P+](=S)OC[C@H]3O[C@@H](n4ccc(N)nc4=O)C[C@@H]3O)[C@@H](C(O)P(O)(O)=S)O2)c(=O)n1. The van der Waals surface area contributed by atoms with E-state index in [0.29, 0.717) is 0 Å². The molecule has 4 aromatic rings. The standard InChI is InChI=1S/C36H44N12O18P4S4/c37-22-1-5-45(32(51)41-22)26-9-16(49)19(61-26)13-58-67(71)36(55)12-29(48-8-4-25(40)44-35(48)54)63-21(36)15-60-69(73)65-17-10-27(46-6-2-23(38)42-33(46)52)62-20(17)14-59-68(72)66-18-11-28(47-7-3-24(39)43-34(47)53)64-30(18)31(50)70(56,57)74/h1-8,16-21,26-31,49-50,55H,9-15H2,(H7-3,37,38,39,40,41,42,43,44,51,52,53,54,56,57,74)/p+3/t16-,17-,18-,19+,20+,21+,26+,27+,28+,29+,30-,31?,36+/m0/s1. The summed E-state index contributed by atoms with van der Waals surface area (Å²) in [5, 5.41) is 31.9. The van der Waals surface area contributed by atoms with Crippen molar-refractivity contribution in [2.75, 3.05) is 42.8 Å². The number of aliphatic hydroxyl groups excluding tert-OH is 2. The Morgan fingerprint density at radius 3 is 1.57 bits per heavy atom. The van der Waals surface area contributed by atoms with E-state index < -0.39 is 136 Å². The third-order valence-corrected chi connectivity index (χ3v) is 19.0. The van der Waals surface area contributed by atoms with Crippen molar-refractivity contribution in [2.45, 2.75) is 105 Å². The minimum atomic E-state index is -4.37. The number of anilines is 4. The van der Waals surface area contributed by atoms with Crippen LogP contribution in [-0.2, 0) is 88.8 Å². The Labute approximate surface area is 439 Å². The molecular weight excluding hydrogens is 1140 g/mol. The zero-order valence-corrected chi connectivity index (χ0v) is 44.7. The lowest BCUT2D eigenvalue weighted by Gasteiger charge is -2.24. The largest absolute Gasteiger partial charge is 0.522 e. The summed E-state index contributed by atoms with van der Waals surface area (Å²) in [4.78, 5) is 86.2. The number of nitrogen functional groups attached to an aromatic ring is 4. The van der Waals surface area contributed by atoms with Gasteiger partial charge in [-0.1, -0.05) is 0 Å². The van der Waals surface area contributed by atoms with Crippen molar-refractivity contribution >= 4 is 98.2 Å². The van der Waals surface area contributed by atoms with E-state index in [-0.39, 0.29) is 62.2 Å². The Balaban J connectivity index is 0.947. The van der Waals surface area contributed by atoms with E-state index in [2.05, 4.69) is 19.9 Å². The van der Waals surface area contributed by atoms with Crippen LogP contribution in [0.3, 0.4) is 0 Å². The molecule has 8 heterocycles. The Kier molecular flexibility index (Phi) is 18.0. The molecule has 8 rings (SSSR count). The summed E-state index contributed by atoms with van der Waals surface area (Å²) in [7, 11) is -4.68. The molecule has 16 atom stereocenters. The van der Waals surface area contributed by atoms with Crippen molar-refractivity contribution in [1.82, 2.24) is 38.2 Å². The second-order valence-electron chi connectivity index (χ2n) is 16.8. The smallest absolute Gasteiger partial charge is 0.390 e. The van der Waals surface area contributed by atoms with E-state index in [1.54, 1.807) is 0 Å². The van der Waals surface area contributed by atoms with Crippen LogP contribution in [-0.4, -0.2) is 137 Å². The zero-order valence-electron chi connectivity index (χ0n) is 37.8. The molecule has 4 fully saturated rings. The predicted molar refractivity (Wildman–Crippen MR) is 272 cm³/mol. The highest BCUT2D eigenvalue weighted by Crippen LogP contribution is 2.54. The number of nitrogens with two attached hydrogens (primary N) is 4. The van der Waals surface area contributed by atoms with Crippen LogP contribution >= 0.6 is 27.7 Å². The second kappa shape index (κ2) is 23.5. The maximum Gasteiger partial charge on any atom is 0.522 e. The molecule has 400 valence electrons. The van der Waals surface area contributed by atoms with Crippen LogP contribution in [0.25, 0.3) is 0 Å². The predicted octanol–water partition coefficient (Wildman–Crippen LogP) is -1.62. The summed E-state index contributed by atoms with van der Waals surface area (Å²) in [6.07, 6.45) is -7.52. The fourth-order valence-electron chi connectivity index (χ4n) is 8.20. The van der Waals surface area contributed by atoms with Crippen molar-refractivity contribution in [3.8, 4) is 0 Å². The number of hydrogen-bond acceptors (Lipinski definition) is 28. The number of hydrogen-bond donors (Lipinski definition) is 9. The first-order valence-electron chi connectivity index (χ1n) is 21.8. The van der Waals surface area contributed by atoms with Gasteiger partial charge in [0.05, 0.1) is 12.5 Å². The summed E-state index contributed by atoms with van der Waals surface area (Å²) in [5.41, 5.74) is 19.6. The molecule has 4 aliphatic rings. The molecule has 0 aliphatic carbocycles. The Morgan fingerprint density at radius 2 is 1.07 bits per heavy atom. The van der Waals surface area contributed by atoms with Gasteiger partial charge in [-0.05, 0) is 36.1 Å². The van der Waals surface area contributed by atoms with Gasteiger partial charge in [0, 0.05) is 44.0 Å². The van der Waals surface area contributed by atoms with Gasteiger partial charge in [0.15, 0.2) is 11.9 Å². The average molecular weight is 1190 g/mol. The van der Waals surface area contributed by atoms with Crippen molar-refractivity contribution in [3.63, 3.8) is 0 Å². The topological polar surface area (TPSA) is 428 Å². The van der Waals surface area contributed by atoms with Crippen molar-refractivity contribution in [1.29, 1.82) is 0 Å². The summed E-state index contributed by atoms with van der Waals surface area (Å²) in [6.45, 7) is -7.89. The first kappa shape index (κ1) is 56.6. The zero-order chi connectivity index (χ0) is 53.4. The van der Waals surface area contributed by atoms with Crippen LogP contribution in [0.1, 0.15) is 50.6 Å². The van der Waals surface area contributed by atoms with E-state index in [4.69, 9.17) is 112 Å². The number of rotatable bonds is 20. The number of nitrogens with zero attached hydrogens (tertiary/aromatic N) is 8. The van der Waals surface area contributed by atoms with E-state index in [0.717, 1.165) is 18.3 Å². The molecule has 0 aromatic carbocycles. The lowest BCUT2D eigenvalue weighted by Crippen LogP contribution is -2.38.